The van der Waals surface area contributed by atoms with Gasteiger partial charge in [0, 0.05) is 26.6 Å². The highest BCUT2D eigenvalue weighted by Gasteiger charge is 2.21. The minimum Gasteiger partial charge on any atom is -0.378 e. The van der Waals surface area contributed by atoms with Crippen LogP contribution >= 0.6 is 0 Å². The largest absolute Gasteiger partial charge is 0.378 e. The summed E-state index contributed by atoms with van der Waals surface area (Å²) < 4.78 is 30.7. The fraction of sp³-hybridized carbons (Fsp3) is 0.667. The first-order valence-corrected chi connectivity index (χ1v) is 11.4. The van der Waals surface area contributed by atoms with Gasteiger partial charge in [0.15, 0.2) is 9.84 Å². The van der Waals surface area contributed by atoms with E-state index in [1.54, 1.807) is 24.1 Å². The lowest BCUT2D eigenvalue weighted by Gasteiger charge is -2.25. The molecule has 1 saturated heterocycles. The molecule has 0 aliphatic carbocycles. The number of carbonyl (C=O) groups is 1. The van der Waals surface area contributed by atoms with E-state index in [0.717, 1.165) is 31.4 Å². The molecule has 1 aromatic rings. The molecule has 152 valence electrons. The quantitative estimate of drug-likeness (QED) is 0.708. The molecule has 2 rings (SSSR count). The number of sulfone groups is 1. The molecule has 1 amide bonds. The molecule has 0 saturated carbocycles. The zero-order valence-corrected chi connectivity index (χ0v) is 17.8. The number of ether oxygens (including phenoxy) is 1. The van der Waals surface area contributed by atoms with E-state index in [4.69, 9.17) is 4.74 Å². The molecule has 5 nitrogen and oxygen atoms in total. The summed E-state index contributed by atoms with van der Waals surface area (Å²) in [6, 6.07) is 6.99. The number of carbonyl (C=O) groups excluding carboxylic acids is 1. The predicted octanol–water partition coefficient (Wildman–Crippen LogP) is 3.57. The van der Waals surface area contributed by atoms with Crippen molar-refractivity contribution >= 4 is 15.7 Å². The van der Waals surface area contributed by atoms with Crippen LogP contribution in [0.3, 0.4) is 0 Å². The van der Waals surface area contributed by atoms with Crippen molar-refractivity contribution in [2.75, 3.05) is 26.0 Å². The molecule has 0 spiro atoms. The average molecular weight is 396 g/mol. The van der Waals surface area contributed by atoms with Crippen molar-refractivity contribution in [1.82, 2.24) is 4.90 Å². The molecule has 27 heavy (non-hydrogen) atoms. The Morgan fingerprint density at radius 3 is 2.41 bits per heavy atom. The zero-order valence-electron chi connectivity index (χ0n) is 17.0. The van der Waals surface area contributed by atoms with Gasteiger partial charge in [0.2, 0.25) is 5.91 Å². The van der Waals surface area contributed by atoms with E-state index in [-0.39, 0.29) is 34.5 Å². The van der Waals surface area contributed by atoms with Gasteiger partial charge in [0.05, 0.1) is 16.8 Å². The Kier molecular flexibility index (Phi) is 7.46. The van der Waals surface area contributed by atoms with Crippen LogP contribution in [0.25, 0.3) is 0 Å². The predicted molar refractivity (Wildman–Crippen MR) is 108 cm³/mol. The van der Waals surface area contributed by atoms with E-state index in [2.05, 4.69) is 20.8 Å². The summed E-state index contributed by atoms with van der Waals surface area (Å²) in [6.07, 6.45) is 4.36. The Labute approximate surface area is 164 Å². The van der Waals surface area contributed by atoms with Gasteiger partial charge in [-0.15, -0.1) is 0 Å². The summed E-state index contributed by atoms with van der Waals surface area (Å²) in [5.74, 6) is -0.300. The fourth-order valence-electron chi connectivity index (χ4n) is 3.19. The van der Waals surface area contributed by atoms with Crippen LogP contribution in [0.2, 0.25) is 0 Å². The molecule has 1 aliphatic rings. The van der Waals surface area contributed by atoms with Gasteiger partial charge in [0.25, 0.3) is 0 Å². The first-order chi connectivity index (χ1) is 12.6. The number of benzene rings is 1. The maximum atomic E-state index is 12.5. The van der Waals surface area contributed by atoms with Crippen LogP contribution in [0, 0.1) is 0 Å². The van der Waals surface area contributed by atoms with E-state index >= 15 is 0 Å². The monoisotopic (exact) mass is 395 g/mol. The normalized spacial score (nSPS) is 18.3. The van der Waals surface area contributed by atoms with Crippen LogP contribution in [-0.2, 0) is 24.8 Å². The standard InChI is InChI=1S/C21H33NO4S/c1-21(2,3)17-8-10-19(11-9-17)27(24,25)16-13-20(23)22(4)14-12-18-7-5-6-15-26-18/h8-11,18H,5-7,12-16H2,1-4H3. The number of hydrogen-bond donors (Lipinski definition) is 0. The lowest BCUT2D eigenvalue weighted by Crippen LogP contribution is -2.32. The van der Waals surface area contributed by atoms with Crippen molar-refractivity contribution in [3.05, 3.63) is 29.8 Å². The van der Waals surface area contributed by atoms with Crippen molar-refractivity contribution in [2.24, 2.45) is 0 Å². The molecule has 0 N–H and O–H groups in total. The third kappa shape index (κ3) is 6.61. The smallest absolute Gasteiger partial charge is 0.223 e. The van der Waals surface area contributed by atoms with Crippen LogP contribution in [-0.4, -0.2) is 51.3 Å². The van der Waals surface area contributed by atoms with Crippen LogP contribution in [0.5, 0.6) is 0 Å². The maximum absolute atomic E-state index is 12.5. The third-order valence-corrected chi connectivity index (χ3v) is 6.88. The third-order valence-electron chi connectivity index (χ3n) is 5.15. The van der Waals surface area contributed by atoms with Gasteiger partial charge in [-0.25, -0.2) is 8.42 Å². The molecular formula is C21H33NO4S. The second-order valence-corrected chi connectivity index (χ2v) is 10.5. The Bertz CT molecular complexity index is 714. The highest BCUT2D eigenvalue weighted by atomic mass is 32.2. The van der Waals surface area contributed by atoms with Gasteiger partial charge in [-0.1, -0.05) is 32.9 Å². The van der Waals surface area contributed by atoms with Gasteiger partial charge in [0.1, 0.15) is 0 Å². The van der Waals surface area contributed by atoms with Crippen molar-refractivity contribution in [3.63, 3.8) is 0 Å². The van der Waals surface area contributed by atoms with Gasteiger partial charge < -0.3 is 9.64 Å². The minimum atomic E-state index is -3.46. The van der Waals surface area contributed by atoms with E-state index in [1.807, 2.05) is 12.1 Å². The maximum Gasteiger partial charge on any atom is 0.223 e. The van der Waals surface area contributed by atoms with E-state index in [1.165, 1.54) is 6.42 Å². The van der Waals surface area contributed by atoms with Crippen LogP contribution < -0.4 is 0 Å². The molecule has 0 radical (unpaired) electrons. The molecule has 0 aromatic heterocycles. The number of nitrogens with zero attached hydrogens (tertiary/aromatic N) is 1. The van der Waals surface area contributed by atoms with Gasteiger partial charge >= 0.3 is 0 Å². The summed E-state index contributed by atoms with van der Waals surface area (Å²) in [6.45, 7) is 7.66. The van der Waals surface area contributed by atoms with Crippen LogP contribution in [0.15, 0.2) is 29.2 Å². The Morgan fingerprint density at radius 1 is 1.19 bits per heavy atom. The Balaban J connectivity index is 1.85. The number of hydrogen-bond acceptors (Lipinski definition) is 4. The van der Waals surface area contributed by atoms with Crippen molar-refractivity contribution in [2.45, 2.75) is 69.3 Å². The van der Waals surface area contributed by atoms with Crippen molar-refractivity contribution < 1.29 is 17.9 Å². The molecular weight excluding hydrogens is 362 g/mol. The van der Waals surface area contributed by atoms with Crippen LogP contribution in [0.1, 0.15) is 58.4 Å². The highest BCUT2D eigenvalue weighted by molar-refractivity contribution is 7.91. The van der Waals surface area contributed by atoms with Gasteiger partial charge in [-0.05, 0) is 48.8 Å². The summed E-state index contributed by atoms with van der Waals surface area (Å²) in [5, 5.41) is 0. The topological polar surface area (TPSA) is 63.7 Å². The molecule has 1 atom stereocenters. The molecule has 1 fully saturated rings. The molecule has 1 aromatic carbocycles. The number of amides is 1. The van der Waals surface area contributed by atoms with E-state index in [9.17, 15) is 13.2 Å². The summed E-state index contributed by atoms with van der Waals surface area (Å²) >= 11 is 0. The molecule has 6 heteroatoms. The molecule has 1 aliphatic heterocycles. The molecule has 0 bridgehead atoms. The SMILES string of the molecule is CN(CCC1CCCCO1)C(=O)CCS(=O)(=O)c1ccc(C(C)(C)C)cc1. The summed E-state index contributed by atoms with van der Waals surface area (Å²) in [7, 11) is -1.73. The minimum absolute atomic E-state index is 0.00534. The molecule has 1 heterocycles. The average Bonchev–Trinajstić information content (AvgIpc) is 2.64. The van der Waals surface area contributed by atoms with E-state index < -0.39 is 9.84 Å². The second kappa shape index (κ2) is 9.20. The highest BCUT2D eigenvalue weighted by Crippen LogP contribution is 2.24. The first-order valence-electron chi connectivity index (χ1n) is 9.78. The summed E-state index contributed by atoms with van der Waals surface area (Å²) in [5.41, 5.74) is 1.06. The second-order valence-electron chi connectivity index (χ2n) is 8.44. The van der Waals surface area contributed by atoms with Gasteiger partial charge in [-0.2, -0.15) is 0 Å². The zero-order chi connectivity index (χ0) is 20.1. The number of rotatable bonds is 7. The van der Waals surface area contributed by atoms with Crippen molar-refractivity contribution in [3.8, 4) is 0 Å². The Morgan fingerprint density at radius 2 is 1.85 bits per heavy atom. The lowest BCUT2D eigenvalue weighted by atomic mass is 9.87. The molecule has 1 unspecified atom stereocenters. The first kappa shape index (κ1) is 21.9. The Hall–Kier alpha value is -1.40. The van der Waals surface area contributed by atoms with Crippen LogP contribution in [0.4, 0.5) is 0 Å². The van der Waals surface area contributed by atoms with E-state index in [0.29, 0.717) is 6.54 Å². The fourth-order valence-corrected chi connectivity index (χ4v) is 4.42. The van der Waals surface area contributed by atoms with Crippen molar-refractivity contribution in [1.29, 1.82) is 0 Å². The lowest BCUT2D eigenvalue weighted by molar-refractivity contribution is -0.129. The summed E-state index contributed by atoms with van der Waals surface area (Å²) in [4.78, 5) is 14.2. The van der Waals surface area contributed by atoms with Gasteiger partial charge in [-0.3, -0.25) is 4.79 Å².